The molecular weight excluding hydrogens is 244 g/mol. The van der Waals surface area contributed by atoms with Crippen molar-refractivity contribution in [2.24, 2.45) is 0 Å². The minimum atomic E-state index is 0.522. The summed E-state index contributed by atoms with van der Waals surface area (Å²) in [6.07, 6.45) is 3.28. The molecule has 0 saturated heterocycles. The fraction of sp³-hybridized carbons (Fsp3) is 0. The first-order chi connectivity index (χ1) is 8.81. The van der Waals surface area contributed by atoms with Crippen LogP contribution in [0.3, 0.4) is 0 Å². The summed E-state index contributed by atoms with van der Waals surface area (Å²) in [5.41, 5.74) is 2.87. The molecule has 0 fully saturated rings. The van der Waals surface area contributed by atoms with Gasteiger partial charge >= 0.3 is 0 Å². The lowest BCUT2D eigenvalue weighted by atomic mass is 10.3. The number of nitrogens with one attached hydrogen (secondary N) is 1. The SMILES string of the molecule is N#Cc1cn(-c2ccccc2)c2c(=S)[nH]cnc12. The molecule has 2 aromatic heterocycles. The molecule has 1 N–H and O–H groups in total. The van der Waals surface area contributed by atoms with Crippen LogP contribution in [-0.2, 0) is 0 Å². The van der Waals surface area contributed by atoms with Gasteiger partial charge in [-0.25, -0.2) is 4.98 Å². The number of hydrogen-bond donors (Lipinski definition) is 1. The van der Waals surface area contributed by atoms with E-state index in [0.717, 1.165) is 11.2 Å². The van der Waals surface area contributed by atoms with E-state index in [1.165, 1.54) is 6.33 Å². The molecule has 0 aliphatic carbocycles. The summed E-state index contributed by atoms with van der Waals surface area (Å²) in [6.45, 7) is 0. The van der Waals surface area contributed by atoms with Crippen LogP contribution in [0, 0.1) is 16.0 Å². The third kappa shape index (κ3) is 1.51. The van der Waals surface area contributed by atoms with Gasteiger partial charge in [0.15, 0.2) is 0 Å². The number of para-hydroxylation sites is 1. The maximum atomic E-state index is 9.14. The van der Waals surface area contributed by atoms with Gasteiger partial charge in [0.1, 0.15) is 21.7 Å². The fourth-order valence-corrected chi connectivity index (χ4v) is 2.19. The highest BCUT2D eigenvalue weighted by Crippen LogP contribution is 2.22. The zero-order chi connectivity index (χ0) is 12.5. The van der Waals surface area contributed by atoms with Crippen molar-refractivity contribution < 1.29 is 0 Å². The van der Waals surface area contributed by atoms with E-state index in [0.29, 0.717) is 15.7 Å². The molecule has 3 aromatic rings. The van der Waals surface area contributed by atoms with E-state index in [4.69, 9.17) is 17.5 Å². The van der Waals surface area contributed by atoms with Gasteiger partial charge in [-0.1, -0.05) is 30.4 Å². The van der Waals surface area contributed by atoms with Crippen molar-refractivity contribution in [3.8, 4) is 11.8 Å². The maximum absolute atomic E-state index is 9.14. The zero-order valence-corrected chi connectivity index (χ0v) is 10.1. The predicted octanol–water partition coefficient (Wildman–Crippen LogP) is 2.95. The van der Waals surface area contributed by atoms with E-state index in [1.54, 1.807) is 6.20 Å². The molecule has 1 aromatic carbocycles. The van der Waals surface area contributed by atoms with Gasteiger partial charge in [0.05, 0.1) is 11.9 Å². The van der Waals surface area contributed by atoms with Gasteiger partial charge in [-0.15, -0.1) is 0 Å². The number of benzene rings is 1. The minimum absolute atomic E-state index is 0.522. The van der Waals surface area contributed by atoms with Gasteiger partial charge in [-0.3, -0.25) is 0 Å². The molecule has 0 aliphatic heterocycles. The third-order valence-electron chi connectivity index (χ3n) is 2.74. The Balaban J connectivity index is 2.45. The molecule has 0 spiro atoms. The Hall–Kier alpha value is -2.45. The first-order valence-corrected chi connectivity index (χ1v) is 5.76. The van der Waals surface area contributed by atoms with E-state index in [9.17, 15) is 0 Å². The van der Waals surface area contributed by atoms with Crippen molar-refractivity contribution in [2.45, 2.75) is 0 Å². The monoisotopic (exact) mass is 252 g/mol. The molecule has 86 valence electrons. The molecule has 0 aliphatic rings. The first kappa shape index (κ1) is 10.7. The third-order valence-corrected chi connectivity index (χ3v) is 3.05. The molecule has 4 nitrogen and oxygen atoms in total. The standard InChI is InChI=1S/C13H8N4S/c14-6-9-7-17(10-4-2-1-3-5-10)12-11(9)15-8-16-13(12)18/h1-5,7-8H,(H,15,16,18). The van der Waals surface area contributed by atoms with Gasteiger partial charge in [-0.2, -0.15) is 5.26 Å². The van der Waals surface area contributed by atoms with Crippen LogP contribution in [0.4, 0.5) is 0 Å². The Bertz CT molecular complexity index is 808. The quantitative estimate of drug-likeness (QED) is 0.677. The second kappa shape index (κ2) is 4.09. The Kier molecular flexibility index (Phi) is 2.43. The predicted molar refractivity (Wildman–Crippen MR) is 71.0 cm³/mol. The summed E-state index contributed by atoms with van der Waals surface area (Å²) in [4.78, 5) is 7.09. The molecule has 0 radical (unpaired) electrons. The van der Waals surface area contributed by atoms with Crippen LogP contribution < -0.4 is 0 Å². The number of aromatic nitrogens is 3. The topological polar surface area (TPSA) is 57.4 Å². The van der Waals surface area contributed by atoms with Crippen molar-refractivity contribution in [1.29, 1.82) is 5.26 Å². The van der Waals surface area contributed by atoms with Crippen LogP contribution in [0.1, 0.15) is 5.56 Å². The molecule has 2 heterocycles. The summed E-state index contributed by atoms with van der Waals surface area (Å²) >= 11 is 5.28. The van der Waals surface area contributed by atoms with Crippen LogP contribution in [0.5, 0.6) is 0 Å². The highest BCUT2D eigenvalue weighted by Gasteiger charge is 2.11. The molecule has 0 saturated carbocycles. The smallest absolute Gasteiger partial charge is 0.131 e. The lowest BCUT2D eigenvalue weighted by Crippen LogP contribution is -1.93. The van der Waals surface area contributed by atoms with Gasteiger partial charge in [-0.05, 0) is 12.1 Å². The molecule has 0 atom stereocenters. The average molecular weight is 252 g/mol. The lowest BCUT2D eigenvalue weighted by Gasteiger charge is -2.03. The maximum Gasteiger partial charge on any atom is 0.131 e. The molecule has 5 heteroatoms. The summed E-state index contributed by atoms with van der Waals surface area (Å²) in [7, 11) is 0. The van der Waals surface area contributed by atoms with Gasteiger partial charge < -0.3 is 9.55 Å². The first-order valence-electron chi connectivity index (χ1n) is 5.35. The number of nitriles is 1. The van der Waals surface area contributed by atoms with Crippen molar-refractivity contribution in [3.63, 3.8) is 0 Å². The van der Waals surface area contributed by atoms with Crippen LogP contribution >= 0.6 is 12.2 Å². The van der Waals surface area contributed by atoms with Gasteiger partial charge in [0.25, 0.3) is 0 Å². The molecule has 0 bridgehead atoms. The molecule has 0 amide bonds. The summed E-state index contributed by atoms with van der Waals surface area (Å²) in [5.74, 6) is 0. The van der Waals surface area contributed by atoms with E-state index < -0.39 is 0 Å². The van der Waals surface area contributed by atoms with E-state index in [1.807, 2.05) is 34.9 Å². The fourth-order valence-electron chi connectivity index (χ4n) is 1.94. The number of aromatic amines is 1. The average Bonchev–Trinajstić information content (AvgIpc) is 2.80. The highest BCUT2D eigenvalue weighted by molar-refractivity contribution is 7.71. The van der Waals surface area contributed by atoms with Crippen LogP contribution in [0.2, 0.25) is 0 Å². The van der Waals surface area contributed by atoms with Gasteiger partial charge in [0.2, 0.25) is 0 Å². The number of fused-ring (bicyclic) bond motifs is 1. The summed E-state index contributed by atoms with van der Waals surface area (Å²) in [5, 5.41) is 9.14. The van der Waals surface area contributed by atoms with Crippen LogP contribution in [-0.4, -0.2) is 14.5 Å². The van der Waals surface area contributed by atoms with E-state index in [2.05, 4.69) is 16.0 Å². The Morgan fingerprint density at radius 2 is 2.06 bits per heavy atom. The second-order valence-corrected chi connectivity index (χ2v) is 4.20. The second-order valence-electron chi connectivity index (χ2n) is 3.79. The van der Waals surface area contributed by atoms with Gasteiger partial charge in [0, 0.05) is 11.9 Å². The zero-order valence-electron chi connectivity index (χ0n) is 9.29. The van der Waals surface area contributed by atoms with Crippen molar-refractivity contribution >= 4 is 23.3 Å². The summed E-state index contributed by atoms with van der Waals surface area (Å²) < 4.78 is 2.46. The summed E-state index contributed by atoms with van der Waals surface area (Å²) in [6, 6.07) is 11.9. The number of hydrogen-bond acceptors (Lipinski definition) is 3. The van der Waals surface area contributed by atoms with Crippen LogP contribution in [0.15, 0.2) is 42.9 Å². The molecular formula is C13H8N4S. The molecule has 3 rings (SSSR count). The van der Waals surface area contributed by atoms with E-state index >= 15 is 0 Å². The Morgan fingerprint density at radius 3 is 2.78 bits per heavy atom. The van der Waals surface area contributed by atoms with Crippen molar-refractivity contribution in [3.05, 3.63) is 53.1 Å². The number of H-pyrrole nitrogens is 1. The van der Waals surface area contributed by atoms with Crippen LogP contribution in [0.25, 0.3) is 16.7 Å². The van der Waals surface area contributed by atoms with Crippen molar-refractivity contribution in [2.75, 3.05) is 0 Å². The molecule has 18 heavy (non-hydrogen) atoms. The van der Waals surface area contributed by atoms with E-state index in [-0.39, 0.29) is 0 Å². The van der Waals surface area contributed by atoms with Crippen molar-refractivity contribution in [1.82, 2.24) is 14.5 Å². The Morgan fingerprint density at radius 1 is 1.28 bits per heavy atom. The Labute approximate surface area is 108 Å². The molecule has 0 unspecified atom stereocenters. The largest absolute Gasteiger partial charge is 0.336 e. The highest BCUT2D eigenvalue weighted by atomic mass is 32.1. The number of rotatable bonds is 1. The lowest BCUT2D eigenvalue weighted by molar-refractivity contribution is 1.10. The minimum Gasteiger partial charge on any atom is -0.336 e. The normalized spacial score (nSPS) is 10.4. The number of nitrogens with zero attached hydrogens (tertiary/aromatic N) is 3.